The maximum atomic E-state index is 12.7. The number of piperidine rings is 1. The third-order valence-corrected chi connectivity index (χ3v) is 7.71. The number of hydrogen-bond donors (Lipinski definition) is 1. The summed E-state index contributed by atoms with van der Waals surface area (Å²) >= 11 is 0. The lowest BCUT2D eigenvalue weighted by Gasteiger charge is -2.33. The summed E-state index contributed by atoms with van der Waals surface area (Å²) in [5.74, 6) is 0.579. The topological polar surface area (TPSA) is 32.3 Å². The van der Waals surface area contributed by atoms with Crippen molar-refractivity contribution in [2.75, 3.05) is 19.6 Å². The Hall–Kier alpha value is -2.13. The number of carbonyl (C=O) groups is 1. The van der Waals surface area contributed by atoms with E-state index in [9.17, 15) is 4.79 Å². The largest absolute Gasteiger partial charge is 0.356 e. The van der Waals surface area contributed by atoms with Crippen molar-refractivity contribution in [2.24, 2.45) is 11.3 Å². The first-order valence-electron chi connectivity index (χ1n) is 11.9. The van der Waals surface area contributed by atoms with Crippen LogP contribution in [0.1, 0.15) is 56.9 Å². The van der Waals surface area contributed by atoms with E-state index in [1.54, 1.807) is 5.57 Å². The van der Waals surface area contributed by atoms with Crippen LogP contribution in [-0.2, 0) is 11.3 Å². The summed E-state index contributed by atoms with van der Waals surface area (Å²) in [4.78, 5) is 15.2. The first-order valence-corrected chi connectivity index (χ1v) is 11.9. The predicted octanol–water partition coefficient (Wildman–Crippen LogP) is 5.45. The van der Waals surface area contributed by atoms with E-state index < -0.39 is 0 Å². The van der Waals surface area contributed by atoms with Gasteiger partial charge in [0.2, 0.25) is 5.91 Å². The summed E-state index contributed by atoms with van der Waals surface area (Å²) in [5, 5.41) is 5.87. The fourth-order valence-electron chi connectivity index (χ4n) is 5.62. The van der Waals surface area contributed by atoms with E-state index in [0.29, 0.717) is 11.3 Å². The van der Waals surface area contributed by atoms with Gasteiger partial charge in [-0.05, 0) is 92.3 Å². The maximum absolute atomic E-state index is 12.7. The number of benzene rings is 2. The van der Waals surface area contributed by atoms with Crippen LogP contribution in [0.2, 0.25) is 0 Å². The molecule has 2 aromatic rings. The van der Waals surface area contributed by atoms with Crippen LogP contribution >= 0.6 is 0 Å². The molecule has 1 spiro atoms. The molecule has 1 N–H and O–H groups in total. The monoisotopic (exact) mass is 402 g/mol. The van der Waals surface area contributed by atoms with E-state index in [2.05, 4.69) is 58.8 Å². The molecule has 158 valence electrons. The number of amides is 1. The van der Waals surface area contributed by atoms with E-state index in [-0.39, 0.29) is 5.92 Å². The first kappa shape index (κ1) is 19.8. The average molecular weight is 403 g/mol. The van der Waals surface area contributed by atoms with Crippen molar-refractivity contribution in [2.45, 2.75) is 57.9 Å². The standard InChI is InChI=1S/C27H34N2O/c30-26(28-15-12-21-6-2-1-3-7-21)25-19-27(25)13-16-29(17-14-27)20-22-10-11-23-8-4-5-9-24(23)18-22/h4-6,8-11,18,25H,1-3,7,12-17,19-20H2,(H,28,30)/t25-/m0/s1. The van der Waals surface area contributed by atoms with Gasteiger partial charge in [0.1, 0.15) is 0 Å². The lowest BCUT2D eigenvalue weighted by atomic mass is 9.90. The van der Waals surface area contributed by atoms with Gasteiger partial charge in [-0.2, -0.15) is 0 Å². The molecule has 0 radical (unpaired) electrons. The molecule has 0 bridgehead atoms. The molecule has 2 aliphatic carbocycles. The quantitative estimate of drug-likeness (QED) is 0.652. The molecule has 0 unspecified atom stereocenters. The van der Waals surface area contributed by atoms with Crippen molar-refractivity contribution >= 4 is 16.7 Å². The van der Waals surface area contributed by atoms with Crippen LogP contribution in [0, 0.1) is 11.3 Å². The SMILES string of the molecule is O=C(NCCC1=CCCCC1)[C@@H]1CC12CCN(Cc1ccc3ccccc3c1)CC2. The molecule has 1 atom stereocenters. The number of allylic oxidation sites excluding steroid dienone is 1. The molecule has 2 aromatic carbocycles. The van der Waals surface area contributed by atoms with Crippen LogP contribution in [0.15, 0.2) is 54.1 Å². The Morgan fingerprint density at radius 1 is 1.07 bits per heavy atom. The fraction of sp³-hybridized carbons (Fsp3) is 0.519. The van der Waals surface area contributed by atoms with Crippen LogP contribution in [-0.4, -0.2) is 30.4 Å². The molecule has 3 nitrogen and oxygen atoms in total. The Bertz CT molecular complexity index is 939. The molecule has 3 heteroatoms. The van der Waals surface area contributed by atoms with Crippen LogP contribution in [0.25, 0.3) is 10.8 Å². The number of likely N-dealkylation sites (tertiary alicyclic amines) is 1. The predicted molar refractivity (Wildman–Crippen MR) is 123 cm³/mol. The Labute approximate surface area is 180 Å². The number of nitrogens with zero attached hydrogens (tertiary/aromatic N) is 1. The molecule has 1 saturated carbocycles. The Balaban J connectivity index is 1.08. The van der Waals surface area contributed by atoms with Gasteiger partial charge >= 0.3 is 0 Å². The van der Waals surface area contributed by atoms with Gasteiger partial charge in [0.25, 0.3) is 0 Å². The fourth-order valence-corrected chi connectivity index (χ4v) is 5.62. The molecule has 3 aliphatic rings. The summed E-state index contributed by atoms with van der Waals surface area (Å²) in [7, 11) is 0. The summed E-state index contributed by atoms with van der Waals surface area (Å²) in [6.07, 6.45) is 12.0. The molecule has 1 amide bonds. The van der Waals surface area contributed by atoms with Crippen LogP contribution < -0.4 is 5.32 Å². The van der Waals surface area contributed by atoms with Gasteiger partial charge in [-0.3, -0.25) is 9.69 Å². The second-order valence-corrected chi connectivity index (χ2v) is 9.73. The first-order chi connectivity index (χ1) is 14.7. The van der Waals surface area contributed by atoms with Crippen LogP contribution in [0.3, 0.4) is 0 Å². The van der Waals surface area contributed by atoms with Gasteiger partial charge in [0, 0.05) is 19.0 Å². The molecule has 1 saturated heterocycles. The number of nitrogens with one attached hydrogen (secondary N) is 1. The number of rotatable bonds is 6. The van der Waals surface area contributed by atoms with Gasteiger partial charge < -0.3 is 5.32 Å². The maximum Gasteiger partial charge on any atom is 0.223 e. The summed E-state index contributed by atoms with van der Waals surface area (Å²) in [5.41, 5.74) is 3.24. The van der Waals surface area contributed by atoms with E-state index in [1.165, 1.54) is 54.9 Å². The van der Waals surface area contributed by atoms with Crippen molar-refractivity contribution in [1.29, 1.82) is 0 Å². The molecule has 30 heavy (non-hydrogen) atoms. The van der Waals surface area contributed by atoms with Crippen molar-refractivity contribution in [3.05, 3.63) is 59.7 Å². The Morgan fingerprint density at radius 3 is 2.70 bits per heavy atom. The van der Waals surface area contributed by atoms with E-state index in [4.69, 9.17) is 0 Å². The highest BCUT2D eigenvalue weighted by Gasteiger charge is 2.58. The lowest BCUT2D eigenvalue weighted by Crippen LogP contribution is -2.37. The summed E-state index contributed by atoms with van der Waals surface area (Å²) in [6, 6.07) is 15.4. The number of fused-ring (bicyclic) bond motifs is 1. The zero-order valence-electron chi connectivity index (χ0n) is 18.0. The molecule has 5 rings (SSSR count). The Kier molecular flexibility index (Phi) is 5.64. The van der Waals surface area contributed by atoms with Gasteiger partial charge in [0.15, 0.2) is 0 Å². The van der Waals surface area contributed by atoms with E-state index in [1.807, 2.05) is 0 Å². The second-order valence-electron chi connectivity index (χ2n) is 9.73. The minimum absolute atomic E-state index is 0.264. The molecular weight excluding hydrogens is 368 g/mol. The third-order valence-electron chi connectivity index (χ3n) is 7.71. The molecule has 1 aliphatic heterocycles. The van der Waals surface area contributed by atoms with Crippen molar-refractivity contribution < 1.29 is 4.79 Å². The molecule has 0 aromatic heterocycles. The Morgan fingerprint density at radius 2 is 1.90 bits per heavy atom. The van der Waals surface area contributed by atoms with Gasteiger partial charge in [-0.1, -0.05) is 48.0 Å². The highest BCUT2D eigenvalue weighted by atomic mass is 16.2. The van der Waals surface area contributed by atoms with Crippen LogP contribution in [0.4, 0.5) is 0 Å². The van der Waals surface area contributed by atoms with Crippen molar-refractivity contribution in [3.8, 4) is 0 Å². The average Bonchev–Trinajstić information content (AvgIpc) is 3.50. The highest BCUT2D eigenvalue weighted by Crippen LogP contribution is 2.59. The highest BCUT2D eigenvalue weighted by molar-refractivity contribution is 5.83. The van der Waals surface area contributed by atoms with E-state index >= 15 is 0 Å². The number of hydrogen-bond acceptors (Lipinski definition) is 2. The summed E-state index contributed by atoms with van der Waals surface area (Å²) < 4.78 is 0. The zero-order valence-corrected chi connectivity index (χ0v) is 18.0. The minimum atomic E-state index is 0.264. The molecule has 1 heterocycles. The minimum Gasteiger partial charge on any atom is -0.356 e. The lowest BCUT2D eigenvalue weighted by molar-refractivity contribution is -0.123. The van der Waals surface area contributed by atoms with Crippen molar-refractivity contribution in [1.82, 2.24) is 10.2 Å². The zero-order chi connectivity index (χ0) is 20.4. The van der Waals surface area contributed by atoms with Gasteiger partial charge in [0.05, 0.1) is 0 Å². The summed E-state index contributed by atoms with van der Waals surface area (Å²) in [6.45, 7) is 4.07. The van der Waals surface area contributed by atoms with Crippen molar-refractivity contribution in [3.63, 3.8) is 0 Å². The normalized spacial score (nSPS) is 23.3. The smallest absolute Gasteiger partial charge is 0.223 e. The molecule has 2 fully saturated rings. The van der Waals surface area contributed by atoms with Crippen LogP contribution in [0.5, 0.6) is 0 Å². The molecular formula is C27H34N2O. The third kappa shape index (κ3) is 4.32. The second kappa shape index (κ2) is 8.55. The number of carbonyl (C=O) groups excluding carboxylic acids is 1. The van der Waals surface area contributed by atoms with Gasteiger partial charge in [-0.25, -0.2) is 0 Å². The van der Waals surface area contributed by atoms with Gasteiger partial charge in [-0.15, -0.1) is 0 Å². The van der Waals surface area contributed by atoms with E-state index in [0.717, 1.165) is 39.0 Å².